The smallest absolute Gasteiger partial charge is 0.103 e. The van der Waals surface area contributed by atoms with Gasteiger partial charge in [0.25, 0.3) is 0 Å². The molecular weight excluding hydrogens is 220 g/mol. The average Bonchev–Trinajstić information content (AvgIpc) is 2.41. The van der Waals surface area contributed by atoms with Crippen LogP contribution in [0.1, 0.15) is 51.0 Å². The van der Waals surface area contributed by atoms with Gasteiger partial charge in [0.05, 0.1) is 0 Å². The summed E-state index contributed by atoms with van der Waals surface area (Å²) < 4.78 is 0. The van der Waals surface area contributed by atoms with Gasteiger partial charge in [-0.15, -0.1) is 0 Å². The second-order valence-corrected chi connectivity index (χ2v) is 6.10. The fourth-order valence-electron chi connectivity index (χ4n) is 2.81. The standard InChI is InChI=1S/C16H24N2/c1-16(2)10-6-7-11-18-15(17)14(12-16)13-8-4-3-5-9-13/h3-5,8-9,11,14-15H,6-7,10,12,17H2,1-2H3. The van der Waals surface area contributed by atoms with Crippen LogP contribution >= 0.6 is 0 Å². The number of aliphatic imine (C=N–C) groups is 1. The summed E-state index contributed by atoms with van der Waals surface area (Å²) in [6.07, 6.45) is 6.53. The molecule has 0 amide bonds. The minimum Gasteiger partial charge on any atom is -0.309 e. The molecule has 1 aromatic rings. The molecule has 2 heteroatoms. The Balaban J connectivity index is 2.27. The van der Waals surface area contributed by atoms with Crippen molar-refractivity contribution in [2.24, 2.45) is 16.1 Å². The second-order valence-electron chi connectivity index (χ2n) is 6.10. The van der Waals surface area contributed by atoms with Crippen molar-refractivity contribution in [2.45, 2.75) is 51.6 Å². The third-order valence-corrected chi connectivity index (χ3v) is 3.88. The molecule has 98 valence electrons. The fourth-order valence-corrected chi connectivity index (χ4v) is 2.81. The van der Waals surface area contributed by atoms with Crippen LogP contribution in [0, 0.1) is 5.41 Å². The minimum atomic E-state index is -0.107. The molecule has 0 aliphatic carbocycles. The third-order valence-electron chi connectivity index (χ3n) is 3.88. The van der Waals surface area contributed by atoms with E-state index >= 15 is 0 Å². The molecule has 0 saturated carbocycles. The normalized spacial score (nSPS) is 28.2. The van der Waals surface area contributed by atoms with E-state index in [-0.39, 0.29) is 6.17 Å². The Morgan fingerprint density at radius 3 is 2.67 bits per heavy atom. The molecule has 0 aromatic heterocycles. The van der Waals surface area contributed by atoms with E-state index in [1.54, 1.807) is 0 Å². The molecule has 1 aliphatic rings. The largest absolute Gasteiger partial charge is 0.309 e. The maximum Gasteiger partial charge on any atom is 0.103 e. The molecule has 0 spiro atoms. The van der Waals surface area contributed by atoms with E-state index in [2.05, 4.69) is 49.2 Å². The van der Waals surface area contributed by atoms with Gasteiger partial charge in [0.2, 0.25) is 0 Å². The topological polar surface area (TPSA) is 38.4 Å². The van der Waals surface area contributed by atoms with Crippen molar-refractivity contribution in [1.82, 2.24) is 0 Å². The van der Waals surface area contributed by atoms with Gasteiger partial charge in [-0.1, -0.05) is 44.2 Å². The first kappa shape index (κ1) is 13.3. The lowest BCUT2D eigenvalue weighted by molar-refractivity contribution is 0.265. The molecule has 2 N–H and O–H groups in total. The Kier molecular flexibility index (Phi) is 4.18. The molecule has 0 bridgehead atoms. The molecule has 1 heterocycles. The zero-order chi connectivity index (χ0) is 13.0. The van der Waals surface area contributed by atoms with Gasteiger partial charge < -0.3 is 5.73 Å². The summed E-state index contributed by atoms with van der Waals surface area (Å²) in [5, 5.41) is 0. The van der Waals surface area contributed by atoms with Crippen molar-refractivity contribution in [3.8, 4) is 0 Å². The highest BCUT2D eigenvalue weighted by molar-refractivity contribution is 5.57. The van der Waals surface area contributed by atoms with Crippen molar-refractivity contribution in [1.29, 1.82) is 0 Å². The van der Waals surface area contributed by atoms with Gasteiger partial charge in [-0.25, -0.2) is 0 Å². The summed E-state index contributed by atoms with van der Waals surface area (Å²) in [4.78, 5) is 4.52. The Hall–Kier alpha value is -1.15. The van der Waals surface area contributed by atoms with Gasteiger partial charge in [-0.05, 0) is 36.7 Å². The average molecular weight is 244 g/mol. The van der Waals surface area contributed by atoms with Gasteiger partial charge in [0, 0.05) is 12.1 Å². The zero-order valence-corrected chi connectivity index (χ0v) is 11.5. The Labute approximate surface area is 110 Å². The molecule has 2 unspecified atom stereocenters. The molecule has 0 radical (unpaired) electrons. The number of benzene rings is 1. The lowest BCUT2D eigenvalue weighted by Crippen LogP contribution is -2.30. The Morgan fingerprint density at radius 2 is 1.94 bits per heavy atom. The fraction of sp³-hybridized carbons (Fsp3) is 0.562. The first-order valence-electron chi connectivity index (χ1n) is 6.91. The van der Waals surface area contributed by atoms with Crippen LogP contribution in [0.25, 0.3) is 0 Å². The van der Waals surface area contributed by atoms with Crippen molar-refractivity contribution in [3.05, 3.63) is 35.9 Å². The highest BCUT2D eigenvalue weighted by Crippen LogP contribution is 2.37. The van der Waals surface area contributed by atoms with E-state index < -0.39 is 0 Å². The van der Waals surface area contributed by atoms with E-state index in [0.717, 1.165) is 12.8 Å². The number of nitrogens with two attached hydrogens (primary N) is 1. The van der Waals surface area contributed by atoms with Gasteiger partial charge in [-0.2, -0.15) is 0 Å². The van der Waals surface area contributed by atoms with Crippen LogP contribution in [0.15, 0.2) is 35.3 Å². The van der Waals surface area contributed by atoms with Gasteiger partial charge >= 0.3 is 0 Å². The van der Waals surface area contributed by atoms with Crippen LogP contribution in [-0.2, 0) is 0 Å². The van der Waals surface area contributed by atoms with Crippen LogP contribution < -0.4 is 5.73 Å². The summed E-state index contributed by atoms with van der Waals surface area (Å²) in [6, 6.07) is 10.6. The lowest BCUT2D eigenvalue weighted by Gasteiger charge is -2.31. The molecule has 0 fully saturated rings. The van der Waals surface area contributed by atoms with Crippen molar-refractivity contribution in [3.63, 3.8) is 0 Å². The minimum absolute atomic E-state index is 0.107. The molecule has 2 atom stereocenters. The summed E-state index contributed by atoms with van der Waals surface area (Å²) in [5.74, 6) is 0.329. The number of nitrogens with zero attached hydrogens (tertiary/aromatic N) is 1. The Morgan fingerprint density at radius 1 is 1.22 bits per heavy atom. The summed E-state index contributed by atoms with van der Waals surface area (Å²) >= 11 is 0. The monoisotopic (exact) mass is 244 g/mol. The van der Waals surface area contributed by atoms with E-state index in [0.29, 0.717) is 11.3 Å². The third kappa shape index (κ3) is 3.42. The SMILES string of the molecule is CC1(C)CCCC=NC(N)C(c2ccccc2)C1. The van der Waals surface area contributed by atoms with Crippen LogP contribution in [0.2, 0.25) is 0 Å². The molecule has 0 saturated heterocycles. The number of rotatable bonds is 1. The van der Waals surface area contributed by atoms with Crippen molar-refractivity contribution < 1.29 is 0 Å². The maximum atomic E-state index is 6.27. The molecule has 18 heavy (non-hydrogen) atoms. The van der Waals surface area contributed by atoms with Gasteiger partial charge in [0.1, 0.15) is 6.17 Å². The van der Waals surface area contributed by atoms with Crippen molar-refractivity contribution in [2.75, 3.05) is 0 Å². The molecule has 2 nitrogen and oxygen atoms in total. The summed E-state index contributed by atoms with van der Waals surface area (Å²) in [5.41, 5.74) is 7.93. The molecule has 1 aliphatic heterocycles. The number of hydrogen-bond donors (Lipinski definition) is 1. The zero-order valence-electron chi connectivity index (χ0n) is 11.5. The molecule has 1 aromatic carbocycles. The van der Waals surface area contributed by atoms with Gasteiger partial charge in [-0.3, -0.25) is 4.99 Å². The Bertz CT molecular complexity index is 395. The predicted molar refractivity (Wildman–Crippen MR) is 77.9 cm³/mol. The first-order chi connectivity index (χ1) is 8.58. The molecule has 2 rings (SSSR count). The van der Waals surface area contributed by atoms with E-state index in [4.69, 9.17) is 5.73 Å². The van der Waals surface area contributed by atoms with Gasteiger partial charge in [0.15, 0.2) is 0 Å². The highest BCUT2D eigenvalue weighted by atomic mass is 14.9. The van der Waals surface area contributed by atoms with Crippen molar-refractivity contribution >= 4 is 6.21 Å². The highest BCUT2D eigenvalue weighted by Gasteiger charge is 2.28. The summed E-state index contributed by atoms with van der Waals surface area (Å²) in [6.45, 7) is 4.70. The lowest BCUT2D eigenvalue weighted by atomic mass is 9.76. The number of hydrogen-bond acceptors (Lipinski definition) is 2. The van der Waals surface area contributed by atoms with Crippen LogP contribution in [0.4, 0.5) is 0 Å². The van der Waals surface area contributed by atoms with Crippen LogP contribution in [-0.4, -0.2) is 12.4 Å². The van der Waals surface area contributed by atoms with Crippen LogP contribution in [0.5, 0.6) is 0 Å². The van der Waals surface area contributed by atoms with Crippen LogP contribution in [0.3, 0.4) is 0 Å². The quantitative estimate of drug-likeness (QED) is 0.803. The maximum absolute atomic E-state index is 6.27. The second kappa shape index (κ2) is 5.66. The van der Waals surface area contributed by atoms with E-state index in [9.17, 15) is 0 Å². The first-order valence-corrected chi connectivity index (χ1v) is 6.91. The molecular formula is C16H24N2. The van der Waals surface area contributed by atoms with E-state index in [1.165, 1.54) is 18.4 Å². The predicted octanol–water partition coefficient (Wildman–Crippen LogP) is 3.73. The summed E-state index contributed by atoms with van der Waals surface area (Å²) in [7, 11) is 0. The van der Waals surface area contributed by atoms with E-state index in [1.807, 2.05) is 6.21 Å².